The summed E-state index contributed by atoms with van der Waals surface area (Å²) >= 11 is 0. The van der Waals surface area contributed by atoms with Gasteiger partial charge < -0.3 is 15.4 Å². The monoisotopic (exact) mass is 573 g/mol. The van der Waals surface area contributed by atoms with Gasteiger partial charge in [0.1, 0.15) is 15.6 Å². The van der Waals surface area contributed by atoms with Crippen molar-refractivity contribution in [2.45, 2.75) is 38.6 Å². The zero-order chi connectivity index (χ0) is 22.5. The Labute approximate surface area is 210 Å². The summed E-state index contributed by atoms with van der Waals surface area (Å²) in [5.74, 6) is 1.73. The molecule has 0 heterocycles. The molecule has 0 amide bonds. The molecule has 0 fully saturated rings. The maximum absolute atomic E-state index is 11.3. The van der Waals surface area contributed by atoms with Gasteiger partial charge in [0, 0.05) is 25.9 Å². The van der Waals surface area contributed by atoms with Crippen LogP contribution in [-0.2, 0) is 22.7 Å². The van der Waals surface area contributed by atoms with Gasteiger partial charge in [-0.3, -0.25) is 4.99 Å². The van der Waals surface area contributed by atoms with Crippen molar-refractivity contribution < 1.29 is 13.2 Å². The Morgan fingerprint density at radius 3 is 2.47 bits per heavy atom. The lowest BCUT2D eigenvalue weighted by Gasteiger charge is -2.17. The number of halogens is 1. The largest absolute Gasteiger partial charge is 0.494 e. The number of sulfone groups is 1. The lowest BCUT2D eigenvalue weighted by Crippen LogP contribution is -2.43. The molecule has 32 heavy (non-hydrogen) atoms. The van der Waals surface area contributed by atoms with Crippen molar-refractivity contribution in [3.8, 4) is 5.75 Å². The third-order valence-electron chi connectivity index (χ3n) is 4.85. The van der Waals surface area contributed by atoms with E-state index < -0.39 is 9.84 Å². The van der Waals surface area contributed by atoms with Crippen LogP contribution in [0.15, 0.2) is 59.6 Å². The van der Waals surface area contributed by atoms with E-state index in [4.69, 9.17) is 4.74 Å². The molecule has 0 saturated carbocycles. The van der Waals surface area contributed by atoms with E-state index in [1.807, 2.05) is 25.1 Å². The van der Waals surface area contributed by atoms with Crippen LogP contribution >= 0.6 is 24.0 Å². The molecule has 1 unspecified atom stereocenters. The van der Waals surface area contributed by atoms with Crippen molar-refractivity contribution in [1.82, 2.24) is 10.6 Å². The fraction of sp³-hybridized carbons (Fsp3) is 0.458. The molecule has 6 nitrogen and oxygen atoms in total. The number of guanidine groups is 1. The molecule has 0 saturated heterocycles. The van der Waals surface area contributed by atoms with Gasteiger partial charge >= 0.3 is 0 Å². The van der Waals surface area contributed by atoms with Crippen molar-refractivity contribution in [2.75, 3.05) is 32.2 Å². The number of ether oxygens (including phenoxy) is 1. The van der Waals surface area contributed by atoms with Crippen LogP contribution in [0.2, 0.25) is 0 Å². The number of rotatable bonds is 12. The van der Waals surface area contributed by atoms with Crippen molar-refractivity contribution in [1.29, 1.82) is 0 Å². The molecule has 2 aromatic rings. The molecule has 0 spiro atoms. The first kappa shape index (κ1) is 28.2. The molecule has 2 N–H and O–H groups in total. The highest BCUT2D eigenvalue weighted by Crippen LogP contribution is 2.14. The number of hydrogen-bond donors (Lipinski definition) is 2. The molecule has 0 bridgehead atoms. The highest BCUT2D eigenvalue weighted by atomic mass is 127. The van der Waals surface area contributed by atoms with E-state index in [1.165, 1.54) is 17.4 Å². The van der Waals surface area contributed by atoms with Gasteiger partial charge in [-0.2, -0.15) is 0 Å². The first-order chi connectivity index (χ1) is 14.9. The molecule has 8 heteroatoms. The average molecular weight is 574 g/mol. The highest BCUT2D eigenvalue weighted by Gasteiger charge is 2.09. The van der Waals surface area contributed by atoms with E-state index in [-0.39, 0.29) is 35.8 Å². The van der Waals surface area contributed by atoms with Crippen LogP contribution in [0.4, 0.5) is 0 Å². The SMILES string of the molecule is CN=C(NCCc1cccc(OCCCc2ccccc2)c1)NC(C)CCS(C)(=O)=O.I. The number of nitrogens with one attached hydrogen (secondary N) is 2. The molecule has 0 aromatic heterocycles. The Morgan fingerprint density at radius 1 is 1.06 bits per heavy atom. The fourth-order valence-electron chi connectivity index (χ4n) is 3.12. The smallest absolute Gasteiger partial charge is 0.191 e. The summed E-state index contributed by atoms with van der Waals surface area (Å²) in [6.07, 6.45) is 4.63. The van der Waals surface area contributed by atoms with Crippen LogP contribution in [0.1, 0.15) is 30.9 Å². The molecule has 0 aliphatic carbocycles. The maximum Gasteiger partial charge on any atom is 0.191 e. The Morgan fingerprint density at radius 2 is 1.78 bits per heavy atom. The third kappa shape index (κ3) is 12.3. The zero-order valence-electron chi connectivity index (χ0n) is 19.2. The summed E-state index contributed by atoms with van der Waals surface area (Å²) in [5.41, 5.74) is 2.52. The van der Waals surface area contributed by atoms with Gasteiger partial charge in [-0.1, -0.05) is 42.5 Å². The minimum Gasteiger partial charge on any atom is -0.494 e. The van der Waals surface area contributed by atoms with Crippen LogP contribution < -0.4 is 15.4 Å². The van der Waals surface area contributed by atoms with Crippen LogP contribution in [0.25, 0.3) is 0 Å². The molecular formula is C24H36IN3O3S. The van der Waals surface area contributed by atoms with E-state index in [2.05, 4.69) is 52.0 Å². The fourth-order valence-corrected chi connectivity index (χ4v) is 3.90. The summed E-state index contributed by atoms with van der Waals surface area (Å²) in [6.45, 7) is 3.37. The van der Waals surface area contributed by atoms with E-state index in [0.717, 1.165) is 31.6 Å². The number of benzene rings is 2. The summed E-state index contributed by atoms with van der Waals surface area (Å²) in [5, 5.41) is 6.52. The standard InChI is InChI=1S/C24H35N3O3S.HI/c1-20(15-18-31(3,28)29)27-24(25-2)26-16-14-22-11-7-13-23(19-22)30-17-8-12-21-9-5-4-6-10-21;/h4-7,9-11,13,19-20H,8,12,14-18H2,1-3H3,(H2,25,26,27);1H. The highest BCUT2D eigenvalue weighted by molar-refractivity contribution is 14.0. The first-order valence-corrected chi connectivity index (χ1v) is 12.8. The van der Waals surface area contributed by atoms with Crippen molar-refractivity contribution >= 4 is 39.8 Å². The molecule has 1 atom stereocenters. The van der Waals surface area contributed by atoms with Crippen molar-refractivity contribution in [3.05, 3.63) is 65.7 Å². The normalized spacial score (nSPS) is 12.5. The summed E-state index contributed by atoms with van der Waals surface area (Å²) in [6, 6.07) is 18.6. The van der Waals surface area contributed by atoms with E-state index >= 15 is 0 Å². The molecule has 0 aliphatic rings. The number of aryl methyl sites for hydroxylation is 1. The maximum atomic E-state index is 11.3. The average Bonchev–Trinajstić information content (AvgIpc) is 2.75. The number of nitrogens with zero attached hydrogens (tertiary/aromatic N) is 1. The second kappa shape index (κ2) is 15.1. The van der Waals surface area contributed by atoms with Crippen LogP contribution in [0, 0.1) is 0 Å². The summed E-state index contributed by atoms with van der Waals surface area (Å²) < 4.78 is 28.5. The molecule has 0 aliphatic heterocycles. The molecule has 2 rings (SSSR count). The second-order valence-electron chi connectivity index (χ2n) is 7.80. The van der Waals surface area contributed by atoms with E-state index in [0.29, 0.717) is 19.0 Å². The predicted molar refractivity (Wildman–Crippen MR) is 144 cm³/mol. The van der Waals surface area contributed by atoms with Gasteiger partial charge in [0.05, 0.1) is 12.4 Å². The third-order valence-corrected chi connectivity index (χ3v) is 5.83. The lowest BCUT2D eigenvalue weighted by atomic mass is 10.1. The Hall–Kier alpha value is -1.81. The number of aliphatic imine (C=N–C) groups is 1. The van der Waals surface area contributed by atoms with Crippen LogP contribution in [0.5, 0.6) is 5.75 Å². The van der Waals surface area contributed by atoms with Gasteiger partial charge in [0.2, 0.25) is 0 Å². The van der Waals surface area contributed by atoms with Crippen LogP contribution in [-0.4, -0.2) is 52.6 Å². The molecule has 0 radical (unpaired) electrons. The van der Waals surface area contributed by atoms with Gasteiger partial charge in [0.25, 0.3) is 0 Å². The summed E-state index contributed by atoms with van der Waals surface area (Å²) in [4.78, 5) is 4.22. The van der Waals surface area contributed by atoms with Gasteiger partial charge in [-0.15, -0.1) is 24.0 Å². The van der Waals surface area contributed by atoms with Crippen LogP contribution in [0.3, 0.4) is 0 Å². The van der Waals surface area contributed by atoms with E-state index in [9.17, 15) is 8.42 Å². The Kier molecular flexibility index (Phi) is 13.3. The minimum absolute atomic E-state index is 0. The lowest BCUT2D eigenvalue weighted by molar-refractivity contribution is 0.310. The first-order valence-electron chi connectivity index (χ1n) is 10.8. The zero-order valence-corrected chi connectivity index (χ0v) is 22.4. The summed E-state index contributed by atoms with van der Waals surface area (Å²) in [7, 11) is -1.24. The Balaban J connectivity index is 0.00000512. The quantitative estimate of drug-likeness (QED) is 0.175. The van der Waals surface area contributed by atoms with Crippen molar-refractivity contribution in [3.63, 3.8) is 0 Å². The van der Waals surface area contributed by atoms with Crippen molar-refractivity contribution in [2.24, 2.45) is 4.99 Å². The molecule has 2 aromatic carbocycles. The van der Waals surface area contributed by atoms with Gasteiger partial charge in [-0.25, -0.2) is 8.42 Å². The van der Waals surface area contributed by atoms with E-state index in [1.54, 1.807) is 7.05 Å². The predicted octanol–water partition coefficient (Wildman–Crippen LogP) is 3.85. The second-order valence-corrected chi connectivity index (χ2v) is 10.1. The molecule has 178 valence electrons. The Bertz CT molecular complexity index is 921. The molecular weight excluding hydrogens is 537 g/mol. The van der Waals surface area contributed by atoms with Gasteiger partial charge in [0.15, 0.2) is 5.96 Å². The minimum atomic E-state index is -2.95. The number of hydrogen-bond acceptors (Lipinski definition) is 4. The van der Waals surface area contributed by atoms with Gasteiger partial charge in [-0.05, 0) is 55.9 Å². The topological polar surface area (TPSA) is 79.8 Å².